The summed E-state index contributed by atoms with van der Waals surface area (Å²) in [5, 5.41) is 21.0. The Morgan fingerprint density at radius 3 is 1.59 bits per heavy atom. The molecule has 130 valence electrons. The van der Waals surface area contributed by atoms with Crippen molar-refractivity contribution in [3.05, 3.63) is 28.3 Å². The van der Waals surface area contributed by atoms with Crippen LogP contribution in [0.3, 0.4) is 0 Å². The molecule has 2 rings (SSSR count). The van der Waals surface area contributed by atoms with Crippen LogP contribution in [0.5, 0.6) is 0 Å². The number of aliphatic hydroxyl groups excluding tert-OH is 3. The van der Waals surface area contributed by atoms with E-state index in [4.69, 9.17) is 15.3 Å². The van der Waals surface area contributed by atoms with Crippen LogP contribution < -0.4 is 0 Å². The molecule has 4 unspecified atom stereocenters. The van der Waals surface area contributed by atoms with Crippen molar-refractivity contribution in [1.82, 2.24) is 0 Å². The molecule has 4 atom stereocenters. The van der Waals surface area contributed by atoms with Gasteiger partial charge in [0.2, 0.25) is 0 Å². The molecule has 1 aromatic carbocycles. The van der Waals surface area contributed by atoms with Crippen molar-refractivity contribution >= 4 is 0 Å². The molecule has 3 nitrogen and oxygen atoms in total. The molecule has 0 aromatic heterocycles. The summed E-state index contributed by atoms with van der Waals surface area (Å²) in [4.78, 5) is 0. The van der Waals surface area contributed by atoms with Crippen molar-refractivity contribution < 1.29 is 37.0 Å². The third-order valence-corrected chi connectivity index (χ3v) is 4.89. The van der Waals surface area contributed by atoms with E-state index in [1.54, 1.807) is 11.1 Å². The van der Waals surface area contributed by atoms with Crippen molar-refractivity contribution in [3.8, 4) is 0 Å². The van der Waals surface area contributed by atoms with Crippen LogP contribution in [-0.2, 0) is 21.7 Å². The molecular weight excluding hydrogens is 312 g/mol. The Kier molecular flexibility index (Phi) is 16.3. The molecule has 1 aliphatic carbocycles. The summed E-state index contributed by atoms with van der Waals surface area (Å²) in [5.74, 6) is 3.10. The molecule has 1 aromatic rings. The maximum atomic E-state index is 7.00. The van der Waals surface area contributed by atoms with E-state index in [1.807, 2.05) is 0 Å². The van der Waals surface area contributed by atoms with Crippen molar-refractivity contribution in [2.75, 3.05) is 21.3 Å². The molecule has 3 N–H and O–H groups in total. The summed E-state index contributed by atoms with van der Waals surface area (Å²) in [7, 11) is 3.00. The van der Waals surface area contributed by atoms with Gasteiger partial charge in [0.05, 0.1) is 0 Å². The molecule has 0 spiro atoms. The van der Waals surface area contributed by atoms with Gasteiger partial charge in [0.15, 0.2) is 0 Å². The van der Waals surface area contributed by atoms with E-state index in [2.05, 4.69) is 47.6 Å². The second-order valence-electron chi connectivity index (χ2n) is 5.63. The second-order valence-corrected chi connectivity index (χ2v) is 5.63. The maximum Gasteiger partial charge on any atom is 0.0319 e. The summed E-state index contributed by atoms with van der Waals surface area (Å²) in [6.07, 6.45) is 0. The van der Waals surface area contributed by atoms with Gasteiger partial charge in [-0.3, -0.25) is 0 Å². The van der Waals surface area contributed by atoms with Crippen LogP contribution in [0.2, 0.25) is 0 Å². The molecular formula is C18H35O3Ti-. The Morgan fingerprint density at radius 2 is 1.18 bits per heavy atom. The Balaban J connectivity index is -0.000000463. The van der Waals surface area contributed by atoms with E-state index in [1.165, 1.54) is 11.1 Å². The number of rotatable bonds is 0. The molecule has 22 heavy (non-hydrogen) atoms. The number of aryl methyl sites for hydroxylation is 2. The van der Waals surface area contributed by atoms with Gasteiger partial charge in [-0.05, 0) is 17.8 Å². The summed E-state index contributed by atoms with van der Waals surface area (Å²) in [6.45, 7) is 14.2. The Hall–Kier alpha value is -0.0557. The minimum absolute atomic E-state index is 0. The van der Waals surface area contributed by atoms with Gasteiger partial charge in [0.25, 0.3) is 0 Å². The van der Waals surface area contributed by atoms with E-state index >= 15 is 0 Å². The van der Waals surface area contributed by atoms with E-state index < -0.39 is 0 Å². The van der Waals surface area contributed by atoms with Crippen LogP contribution in [0.25, 0.3) is 0 Å². The first-order valence-electron chi connectivity index (χ1n) is 7.56. The van der Waals surface area contributed by atoms with Gasteiger partial charge >= 0.3 is 0 Å². The van der Waals surface area contributed by atoms with Gasteiger partial charge in [-0.2, -0.15) is 28.3 Å². The fourth-order valence-electron chi connectivity index (χ4n) is 3.55. The fraction of sp³-hybridized carbons (Fsp3) is 0.722. The van der Waals surface area contributed by atoms with E-state index in [-0.39, 0.29) is 21.7 Å². The van der Waals surface area contributed by atoms with Gasteiger partial charge < -0.3 is 15.3 Å². The van der Waals surface area contributed by atoms with Crippen LogP contribution in [0.15, 0.2) is 6.07 Å². The van der Waals surface area contributed by atoms with E-state index in [0.717, 1.165) is 45.0 Å². The zero-order valence-corrected chi connectivity index (χ0v) is 17.3. The van der Waals surface area contributed by atoms with Gasteiger partial charge in [0.1, 0.15) is 0 Å². The molecule has 0 fully saturated rings. The molecule has 0 aliphatic heterocycles. The third-order valence-electron chi connectivity index (χ3n) is 4.89. The SMILES string of the molecule is CO.CO.CO.Cc1c[c-](C)c2c1C(C)C(C)C(C)C2C.[Ti]. The Bertz CT molecular complexity index is 353. The molecule has 0 bridgehead atoms. The molecule has 0 amide bonds. The molecule has 0 saturated carbocycles. The van der Waals surface area contributed by atoms with Crippen LogP contribution in [0, 0.1) is 25.7 Å². The monoisotopic (exact) mass is 347 g/mol. The van der Waals surface area contributed by atoms with Crippen LogP contribution in [0.1, 0.15) is 61.8 Å². The van der Waals surface area contributed by atoms with Crippen LogP contribution >= 0.6 is 0 Å². The Labute approximate surface area is 152 Å². The minimum Gasteiger partial charge on any atom is -0.400 e. The van der Waals surface area contributed by atoms with Crippen LogP contribution in [0.4, 0.5) is 0 Å². The molecule has 0 radical (unpaired) electrons. The zero-order valence-electron chi connectivity index (χ0n) is 15.7. The quantitative estimate of drug-likeness (QED) is 0.498. The first-order valence-corrected chi connectivity index (χ1v) is 7.56. The minimum atomic E-state index is 0. The topological polar surface area (TPSA) is 60.7 Å². The van der Waals surface area contributed by atoms with Gasteiger partial charge in [-0.1, -0.05) is 47.5 Å². The summed E-state index contributed by atoms with van der Waals surface area (Å²) >= 11 is 0. The average Bonchev–Trinajstić information content (AvgIpc) is 2.83. The Morgan fingerprint density at radius 1 is 0.818 bits per heavy atom. The van der Waals surface area contributed by atoms with Crippen molar-refractivity contribution in [1.29, 1.82) is 0 Å². The summed E-state index contributed by atoms with van der Waals surface area (Å²) in [6, 6.07) is 2.38. The molecule has 0 saturated heterocycles. The normalized spacial score (nSPS) is 24.9. The summed E-state index contributed by atoms with van der Waals surface area (Å²) in [5.41, 5.74) is 6.34. The molecule has 1 aliphatic rings. The first-order chi connectivity index (χ1) is 9.95. The summed E-state index contributed by atoms with van der Waals surface area (Å²) < 4.78 is 0. The van der Waals surface area contributed by atoms with E-state index in [0.29, 0.717) is 0 Å². The van der Waals surface area contributed by atoms with E-state index in [9.17, 15) is 0 Å². The predicted molar refractivity (Wildman–Crippen MR) is 91.1 cm³/mol. The number of fused-ring (bicyclic) bond motifs is 1. The largest absolute Gasteiger partial charge is 0.400 e. The van der Waals surface area contributed by atoms with Crippen molar-refractivity contribution in [2.24, 2.45) is 11.8 Å². The standard InChI is InChI=1S/C15H23.3CH4O.Ti/c1-8-7-9(2)15-13(6)11(4)10(3)12(5)14(8)15;3*1-2;/h7,10-13H,1-6H3;3*2H,1H3;/q-1;;;;. The molecule has 4 heteroatoms. The van der Waals surface area contributed by atoms with Gasteiger partial charge in [0, 0.05) is 43.0 Å². The van der Waals surface area contributed by atoms with Crippen LogP contribution in [-0.4, -0.2) is 36.6 Å². The zero-order chi connectivity index (χ0) is 17.3. The maximum absolute atomic E-state index is 7.00. The second kappa shape index (κ2) is 13.4. The fourth-order valence-corrected chi connectivity index (χ4v) is 3.55. The smallest absolute Gasteiger partial charge is 0.0319 e. The van der Waals surface area contributed by atoms with Gasteiger partial charge in [-0.15, -0.1) is 0 Å². The number of hydrogen-bond acceptors (Lipinski definition) is 3. The third kappa shape index (κ3) is 5.54. The number of hydrogen-bond donors (Lipinski definition) is 3. The van der Waals surface area contributed by atoms with Gasteiger partial charge in [-0.25, -0.2) is 0 Å². The average molecular weight is 347 g/mol. The van der Waals surface area contributed by atoms with Crippen molar-refractivity contribution in [2.45, 2.75) is 53.4 Å². The molecule has 0 heterocycles. The predicted octanol–water partition coefficient (Wildman–Crippen LogP) is 3.34. The van der Waals surface area contributed by atoms with Crippen molar-refractivity contribution in [3.63, 3.8) is 0 Å². The first kappa shape index (κ1) is 26.8. The number of aliphatic hydroxyl groups is 3.